The van der Waals surface area contributed by atoms with Gasteiger partial charge in [-0.3, -0.25) is 0 Å². The highest BCUT2D eigenvalue weighted by Gasteiger charge is 2.08. The van der Waals surface area contributed by atoms with Gasteiger partial charge in [0.15, 0.2) is 0 Å². The monoisotopic (exact) mass is 261 g/mol. The summed E-state index contributed by atoms with van der Waals surface area (Å²) >= 11 is 0. The molecule has 0 aliphatic heterocycles. The van der Waals surface area contributed by atoms with E-state index in [1.54, 1.807) is 16.7 Å². The highest BCUT2D eigenvalue weighted by Crippen LogP contribution is 2.22. The predicted octanol–water partition coefficient (Wildman–Crippen LogP) is 4.31. The van der Waals surface area contributed by atoms with Crippen molar-refractivity contribution in [1.82, 2.24) is 5.32 Å². The van der Waals surface area contributed by atoms with Crippen LogP contribution in [0.5, 0.6) is 0 Å². The standard InChI is InChI=1S/C18H31N/c1-5-15-13-16(6-2)18(17(7-3)14-15)11-9-8-10-12-19-4/h13-14,19H,5-12H2,1-4H3. The largest absolute Gasteiger partial charge is 0.320 e. The highest BCUT2D eigenvalue weighted by molar-refractivity contribution is 5.39. The van der Waals surface area contributed by atoms with Crippen LogP contribution in [0, 0.1) is 0 Å². The van der Waals surface area contributed by atoms with Crippen LogP contribution >= 0.6 is 0 Å². The first-order chi connectivity index (χ1) is 9.26. The van der Waals surface area contributed by atoms with E-state index in [4.69, 9.17) is 0 Å². The fourth-order valence-corrected chi connectivity index (χ4v) is 2.81. The lowest BCUT2D eigenvalue weighted by Gasteiger charge is -2.15. The summed E-state index contributed by atoms with van der Waals surface area (Å²) in [6.07, 6.45) is 8.73. The zero-order valence-corrected chi connectivity index (χ0v) is 13.3. The molecule has 0 saturated heterocycles. The average molecular weight is 261 g/mol. The van der Waals surface area contributed by atoms with Crippen molar-refractivity contribution in [3.63, 3.8) is 0 Å². The Kier molecular flexibility index (Phi) is 7.81. The molecule has 0 aliphatic carbocycles. The number of benzene rings is 1. The molecule has 0 unspecified atom stereocenters. The van der Waals surface area contributed by atoms with Crippen LogP contribution in [0.15, 0.2) is 12.1 Å². The van der Waals surface area contributed by atoms with E-state index < -0.39 is 0 Å². The maximum atomic E-state index is 3.23. The summed E-state index contributed by atoms with van der Waals surface area (Å²) < 4.78 is 0. The Balaban J connectivity index is 2.73. The molecule has 0 atom stereocenters. The van der Waals surface area contributed by atoms with E-state index in [1.165, 1.54) is 44.1 Å². The van der Waals surface area contributed by atoms with E-state index >= 15 is 0 Å². The maximum absolute atomic E-state index is 3.23. The average Bonchev–Trinajstić information content (AvgIpc) is 2.46. The zero-order valence-electron chi connectivity index (χ0n) is 13.3. The third-order valence-corrected chi connectivity index (χ3v) is 4.02. The van der Waals surface area contributed by atoms with E-state index in [9.17, 15) is 0 Å². The zero-order chi connectivity index (χ0) is 14.1. The molecular weight excluding hydrogens is 230 g/mol. The van der Waals surface area contributed by atoms with Crippen molar-refractivity contribution in [2.24, 2.45) is 0 Å². The fourth-order valence-electron chi connectivity index (χ4n) is 2.81. The second kappa shape index (κ2) is 9.14. The van der Waals surface area contributed by atoms with Gasteiger partial charge in [0.25, 0.3) is 0 Å². The van der Waals surface area contributed by atoms with Gasteiger partial charge >= 0.3 is 0 Å². The minimum atomic E-state index is 1.15. The minimum Gasteiger partial charge on any atom is -0.320 e. The molecule has 1 aromatic rings. The van der Waals surface area contributed by atoms with Crippen LogP contribution in [-0.2, 0) is 25.7 Å². The summed E-state index contributed by atoms with van der Waals surface area (Å²) in [6.45, 7) is 7.99. The lowest BCUT2D eigenvalue weighted by Crippen LogP contribution is -2.07. The molecule has 108 valence electrons. The summed E-state index contributed by atoms with van der Waals surface area (Å²) in [4.78, 5) is 0. The Morgan fingerprint density at radius 1 is 0.842 bits per heavy atom. The van der Waals surface area contributed by atoms with Crippen LogP contribution in [0.1, 0.15) is 62.3 Å². The molecule has 0 bridgehead atoms. The first kappa shape index (κ1) is 16.2. The first-order valence-electron chi connectivity index (χ1n) is 8.04. The lowest BCUT2D eigenvalue weighted by molar-refractivity contribution is 0.639. The van der Waals surface area contributed by atoms with Gasteiger partial charge in [-0.1, -0.05) is 39.3 Å². The molecule has 1 aromatic carbocycles. The van der Waals surface area contributed by atoms with Gasteiger partial charge in [0.1, 0.15) is 0 Å². The van der Waals surface area contributed by atoms with E-state index in [-0.39, 0.29) is 0 Å². The maximum Gasteiger partial charge on any atom is -0.00519 e. The third-order valence-electron chi connectivity index (χ3n) is 4.02. The number of hydrogen-bond acceptors (Lipinski definition) is 1. The van der Waals surface area contributed by atoms with E-state index in [1.807, 2.05) is 7.05 Å². The number of hydrogen-bond donors (Lipinski definition) is 1. The minimum absolute atomic E-state index is 1.15. The molecule has 0 fully saturated rings. The number of unbranched alkanes of at least 4 members (excludes halogenated alkanes) is 2. The molecule has 19 heavy (non-hydrogen) atoms. The van der Waals surface area contributed by atoms with E-state index in [2.05, 4.69) is 38.2 Å². The topological polar surface area (TPSA) is 12.0 Å². The summed E-state index contributed by atoms with van der Waals surface area (Å²) in [5.74, 6) is 0. The third kappa shape index (κ3) is 4.99. The lowest BCUT2D eigenvalue weighted by atomic mass is 9.90. The second-order valence-corrected chi connectivity index (χ2v) is 5.37. The second-order valence-electron chi connectivity index (χ2n) is 5.37. The van der Waals surface area contributed by atoms with Crippen molar-refractivity contribution in [2.45, 2.75) is 65.7 Å². The smallest absolute Gasteiger partial charge is 0.00519 e. The summed E-state index contributed by atoms with van der Waals surface area (Å²) in [5, 5.41) is 3.23. The molecule has 0 saturated carbocycles. The van der Waals surface area contributed by atoms with Crippen LogP contribution < -0.4 is 5.32 Å². The van der Waals surface area contributed by atoms with Gasteiger partial charge in [-0.15, -0.1) is 0 Å². The molecule has 0 spiro atoms. The quantitative estimate of drug-likeness (QED) is 0.653. The van der Waals surface area contributed by atoms with Gasteiger partial charge in [-0.2, -0.15) is 0 Å². The van der Waals surface area contributed by atoms with Gasteiger partial charge in [0.05, 0.1) is 0 Å². The summed E-state index contributed by atoms with van der Waals surface area (Å²) in [7, 11) is 2.04. The van der Waals surface area contributed by atoms with Crippen molar-refractivity contribution < 1.29 is 0 Å². The normalized spacial score (nSPS) is 10.9. The van der Waals surface area contributed by atoms with Crippen molar-refractivity contribution >= 4 is 0 Å². The van der Waals surface area contributed by atoms with E-state index in [0.717, 1.165) is 13.0 Å². The van der Waals surface area contributed by atoms with Crippen LogP contribution in [0.3, 0.4) is 0 Å². The van der Waals surface area contributed by atoms with Crippen LogP contribution in [0.4, 0.5) is 0 Å². The molecule has 0 heterocycles. The van der Waals surface area contributed by atoms with Gasteiger partial charge in [-0.25, -0.2) is 0 Å². The van der Waals surface area contributed by atoms with Crippen molar-refractivity contribution in [3.8, 4) is 0 Å². The van der Waals surface area contributed by atoms with Crippen molar-refractivity contribution in [2.75, 3.05) is 13.6 Å². The van der Waals surface area contributed by atoms with Crippen LogP contribution in [0.25, 0.3) is 0 Å². The number of rotatable bonds is 9. The Bertz CT molecular complexity index is 343. The SMILES string of the molecule is CCc1cc(CC)c(CCCCCNC)c(CC)c1. The summed E-state index contributed by atoms with van der Waals surface area (Å²) in [5.41, 5.74) is 6.33. The van der Waals surface area contributed by atoms with Crippen LogP contribution in [0.2, 0.25) is 0 Å². The molecule has 0 radical (unpaired) electrons. The number of nitrogens with one attached hydrogen (secondary N) is 1. The molecule has 0 amide bonds. The van der Waals surface area contributed by atoms with Crippen LogP contribution in [-0.4, -0.2) is 13.6 Å². The molecule has 1 N–H and O–H groups in total. The summed E-state index contributed by atoms with van der Waals surface area (Å²) in [6, 6.07) is 4.87. The molecule has 0 aromatic heterocycles. The first-order valence-corrected chi connectivity index (χ1v) is 8.04. The molecule has 1 nitrogen and oxygen atoms in total. The molecule has 1 rings (SSSR count). The predicted molar refractivity (Wildman–Crippen MR) is 86.1 cm³/mol. The number of aryl methyl sites for hydroxylation is 3. The molecule has 0 aliphatic rings. The van der Waals surface area contributed by atoms with Gasteiger partial charge in [0.2, 0.25) is 0 Å². The molecular formula is C18H31N. The molecule has 1 heteroatoms. The fraction of sp³-hybridized carbons (Fsp3) is 0.667. The highest BCUT2D eigenvalue weighted by atomic mass is 14.8. The Hall–Kier alpha value is -0.820. The van der Waals surface area contributed by atoms with Gasteiger partial charge < -0.3 is 5.32 Å². The Labute approximate surface area is 119 Å². The Morgan fingerprint density at radius 2 is 1.47 bits per heavy atom. The van der Waals surface area contributed by atoms with Crippen molar-refractivity contribution in [3.05, 3.63) is 34.4 Å². The van der Waals surface area contributed by atoms with E-state index in [0.29, 0.717) is 0 Å². The Morgan fingerprint density at radius 3 is 1.95 bits per heavy atom. The van der Waals surface area contributed by atoms with Gasteiger partial charge in [0, 0.05) is 0 Å². The van der Waals surface area contributed by atoms with Gasteiger partial charge in [-0.05, 0) is 74.4 Å². The van der Waals surface area contributed by atoms with Crippen molar-refractivity contribution in [1.29, 1.82) is 0 Å².